The van der Waals surface area contributed by atoms with Gasteiger partial charge in [-0.2, -0.15) is 0 Å². The first kappa shape index (κ1) is 29.3. The summed E-state index contributed by atoms with van der Waals surface area (Å²) in [5.41, 5.74) is 3.89. The number of anilines is 2. The molecule has 1 unspecified atom stereocenters. The molecule has 3 aromatic rings. The molecule has 0 radical (unpaired) electrons. The van der Waals surface area contributed by atoms with Crippen molar-refractivity contribution in [2.75, 3.05) is 38.1 Å². The van der Waals surface area contributed by atoms with E-state index < -0.39 is 11.7 Å². The molecule has 0 spiro atoms. The zero-order valence-corrected chi connectivity index (χ0v) is 25.2. The topological polar surface area (TPSA) is 83.5 Å². The minimum Gasteiger partial charge on any atom is -0.351 e. The van der Waals surface area contributed by atoms with Crippen LogP contribution in [0.25, 0.3) is 11.0 Å². The van der Waals surface area contributed by atoms with Crippen LogP contribution in [0.15, 0.2) is 35.1 Å². The maximum atomic E-state index is 16.0. The molecular formula is C29H37BrClFN6O2. The monoisotopic (exact) mass is 634 g/mol. The van der Waals surface area contributed by atoms with Gasteiger partial charge in [0.25, 0.3) is 5.91 Å². The summed E-state index contributed by atoms with van der Waals surface area (Å²) in [6.07, 6.45) is 8.19. The molecule has 1 saturated heterocycles. The number of aryl methyl sites for hydroxylation is 1. The number of rotatable bonds is 13. The molecule has 11 heteroatoms. The van der Waals surface area contributed by atoms with E-state index in [0.29, 0.717) is 41.3 Å². The second kappa shape index (κ2) is 13.6. The number of fused-ring (bicyclic) bond motifs is 1. The van der Waals surface area contributed by atoms with Crippen molar-refractivity contribution in [1.82, 2.24) is 25.2 Å². The van der Waals surface area contributed by atoms with Crippen LogP contribution in [-0.4, -0.2) is 59.2 Å². The van der Waals surface area contributed by atoms with Crippen LogP contribution < -0.4 is 16.1 Å². The van der Waals surface area contributed by atoms with E-state index in [2.05, 4.69) is 48.9 Å². The molecule has 2 fully saturated rings. The summed E-state index contributed by atoms with van der Waals surface area (Å²) in [6, 6.07) is 7.50. The highest BCUT2D eigenvalue weighted by Gasteiger charge is 2.25. The van der Waals surface area contributed by atoms with Crippen LogP contribution >= 0.6 is 27.5 Å². The summed E-state index contributed by atoms with van der Waals surface area (Å²) >= 11 is 9.79. The van der Waals surface area contributed by atoms with Gasteiger partial charge < -0.3 is 15.2 Å². The van der Waals surface area contributed by atoms with E-state index in [4.69, 9.17) is 16.4 Å². The lowest BCUT2D eigenvalue weighted by atomic mass is 10.1. The van der Waals surface area contributed by atoms with Crippen molar-refractivity contribution in [3.63, 3.8) is 0 Å². The number of unbranched alkanes of at least 4 members (excludes halogenated alkanes) is 1. The van der Waals surface area contributed by atoms with Gasteiger partial charge >= 0.3 is 0 Å². The number of carbonyl (C=O) groups is 1. The number of piperazine rings is 1. The Labute approximate surface area is 248 Å². The maximum Gasteiger partial charge on any atom is 0.277 e. The van der Waals surface area contributed by atoms with Gasteiger partial charge in [-0.05, 0) is 68.8 Å². The van der Waals surface area contributed by atoms with Crippen molar-refractivity contribution in [3.05, 3.63) is 51.5 Å². The van der Waals surface area contributed by atoms with Crippen molar-refractivity contribution < 1.29 is 14.0 Å². The van der Waals surface area contributed by atoms with Crippen molar-refractivity contribution >= 4 is 55.8 Å². The summed E-state index contributed by atoms with van der Waals surface area (Å²) in [6.45, 7) is 7.56. The number of amides is 1. The lowest BCUT2D eigenvalue weighted by Crippen LogP contribution is -2.51. The van der Waals surface area contributed by atoms with Gasteiger partial charge in [0, 0.05) is 36.7 Å². The van der Waals surface area contributed by atoms with Gasteiger partial charge in [0.1, 0.15) is 5.52 Å². The first-order valence-electron chi connectivity index (χ1n) is 14.2. The predicted molar refractivity (Wildman–Crippen MR) is 161 cm³/mol. The quantitative estimate of drug-likeness (QED) is 0.152. The molecule has 0 bridgehead atoms. The molecule has 5 rings (SSSR count). The van der Waals surface area contributed by atoms with Crippen LogP contribution in [0.2, 0.25) is 5.02 Å². The molecule has 8 nitrogen and oxygen atoms in total. The van der Waals surface area contributed by atoms with Crippen LogP contribution in [0.3, 0.4) is 0 Å². The largest absolute Gasteiger partial charge is 0.351 e. The number of halogens is 3. The zero-order valence-electron chi connectivity index (χ0n) is 22.8. The molecule has 1 saturated carbocycles. The van der Waals surface area contributed by atoms with Crippen LogP contribution in [0.5, 0.6) is 0 Å². The maximum absolute atomic E-state index is 16.0. The van der Waals surface area contributed by atoms with Crippen LogP contribution in [-0.2, 0) is 11.4 Å². The third-order valence-electron chi connectivity index (χ3n) is 7.66. The van der Waals surface area contributed by atoms with E-state index in [9.17, 15) is 4.79 Å². The number of benzene rings is 2. The number of hydroxylamine groups is 1. The highest BCUT2D eigenvalue weighted by atomic mass is 79.9. The van der Waals surface area contributed by atoms with Gasteiger partial charge in [-0.15, -0.1) is 0 Å². The van der Waals surface area contributed by atoms with Gasteiger partial charge in [0.05, 0.1) is 40.4 Å². The van der Waals surface area contributed by atoms with Gasteiger partial charge in [-0.1, -0.05) is 40.9 Å². The molecule has 3 N–H and O–H groups in total. The predicted octanol–water partition coefficient (Wildman–Crippen LogP) is 6.26. The van der Waals surface area contributed by atoms with E-state index in [1.807, 2.05) is 4.57 Å². The molecule has 2 heterocycles. The summed E-state index contributed by atoms with van der Waals surface area (Å²) in [5.74, 6) is -0.657. The van der Waals surface area contributed by atoms with E-state index in [-0.39, 0.29) is 16.8 Å². The van der Waals surface area contributed by atoms with Crippen LogP contribution in [0, 0.1) is 11.7 Å². The highest BCUT2D eigenvalue weighted by molar-refractivity contribution is 9.10. The molecular weight excluding hydrogens is 599 g/mol. The van der Waals surface area contributed by atoms with E-state index in [1.54, 1.807) is 30.6 Å². The normalized spacial score (nSPS) is 17.9. The Hall–Kier alpha value is -2.24. The van der Waals surface area contributed by atoms with Gasteiger partial charge in [0.2, 0.25) is 0 Å². The Kier molecular flexibility index (Phi) is 9.96. The number of aromatic nitrogens is 2. The van der Waals surface area contributed by atoms with E-state index >= 15 is 4.39 Å². The molecule has 216 valence electrons. The lowest BCUT2D eigenvalue weighted by molar-refractivity contribution is 0.0271. The molecule has 1 aliphatic heterocycles. The number of nitrogens with zero attached hydrogens (tertiary/aromatic N) is 3. The number of hydrogen-bond donors (Lipinski definition) is 3. The zero-order chi connectivity index (χ0) is 28.1. The second-order valence-electron chi connectivity index (χ2n) is 10.7. The molecule has 1 atom stereocenters. The Morgan fingerprint density at radius 3 is 2.88 bits per heavy atom. The summed E-state index contributed by atoms with van der Waals surface area (Å²) in [7, 11) is 0. The van der Waals surface area contributed by atoms with E-state index in [1.165, 1.54) is 12.8 Å². The molecule has 1 aromatic heterocycles. The molecule has 2 aliphatic rings. The number of hydrogen-bond acceptors (Lipinski definition) is 6. The fourth-order valence-electron chi connectivity index (χ4n) is 5.24. The van der Waals surface area contributed by atoms with E-state index in [0.717, 1.165) is 56.3 Å². The third-order valence-corrected chi connectivity index (χ3v) is 8.47. The lowest BCUT2D eigenvalue weighted by Gasteiger charge is -2.36. The molecule has 40 heavy (non-hydrogen) atoms. The summed E-state index contributed by atoms with van der Waals surface area (Å²) in [4.78, 5) is 25.6. The van der Waals surface area contributed by atoms with Crippen LogP contribution in [0.4, 0.5) is 15.8 Å². The highest BCUT2D eigenvalue weighted by Crippen LogP contribution is 2.35. The number of carbonyl (C=O) groups excluding carboxylic acids is 1. The molecule has 1 amide bonds. The van der Waals surface area contributed by atoms with Crippen molar-refractivity contribution in [2.45, 2.75) is 58.0 Å². The minimum absolute atomic E-state index is 0.00942. The Morgan fingerprint density at radius 2 is 2.10 bits per heavy atom. The summed E-state index contributed by atoms with van der Waals surface area (Å²) < 4.78 is 18.7. The van der Waals surface area contributed by atoms with Gasteiger partial charge in [0.15, 0.2) is 5.82 Å². The standard InChI is InChI=1S/C29H37BrClFN6O2/c1-2-5-21-16-33-10-13-37(21)11-3-4-12-38-18-34-28-25(38)15-22(29(39)36-40-17-19-6-7-19)27(26(28)32)35-24-9-8-20(30)14-23(24)31/h8-9,14-15,18-19,21,33,35H,2-7,10-13,16-17H2,1H3,(H,36,39). The third kappa shape index (κ3) is 7.15. The van der Waals surface area contributed by atoms with Crippen molar-refractivity contribution in [2.24, 2.45) is 5.92 Å². The average molecular weight is 636 g/mol. The minimum atomic E-state index is -0.606. The van der Waals surface area contributed by atoms with Crippen molar-refractivity contribution in [3.8, 4) is 0 Å². The fraction of sp³-hybridized carbons (Fsp3) is 0.517. The Morgan fingerprint density at radius 1 is 1.27 bits per heavy atom. The fourth-order valence-corrected chi connectivity index (χ4v) is 5.96. The smallest absolute Gasteiger partial charge is 0.277 e. The molecule has 2 aromatic carbocycles. The average Bonchev–Trinajstić information content (AvgIpc) is 3.68. The van der Waals surface area contributed by atoms with Crippen molar-refractivity contribution in [1.29, 1.82) is 0 Å². The van der Waals surface area contributed by atoms with Gasteiger partial charge in [-0.25, -0.2) is 14.9 Å². The Bertz CT molecular complexity index is 1330. The second-order valence-corrected chi connectivity index (χ2v) is 12.1. The Balaban J connectivity index is 1.34. The summed E-state index contributed by atoms with van der Waals surface area (Å²) in [5, 5.41) is 6.92. The first-order chi connectivity index (χ1) is 19.4. The molecule has 1 aliphatic carbocycles. The number of nitrogens with one attached hydrogen (secondary N) is 3. The number of imidazole rings is 1. The first-order valence-corrected chi connectivity index (χ1v) is 15.4. The van der Waals surface area contributed by atoms with Crippen LogP contribution in [0.1, 0.15) is 55.8 Å². The SMILES string of the molecule is CCCC1CNCCN1CCCCn1cnc2c(F)c(Nc3ccc(Br)cc3Cl)c(C(=O)NOCC3CC3)cc21. The van der Waals surface area contributed by atoms with Gasteiger partial charge in [-0.3, -0.25) is 14.5 Å².